The Balaban J connectivity index is 1.63. The molecule has 1 atom stereocenters. The molecule has 146 valence electrons. The van der Waals surface area contributed by atoms with Gasteiger partial charge < -0.3 is 15.4 Å². The lowest BCUT2D eigenvalue weighted by Crippen LogP contribution is -2.34. The van der Waals surface area contributed by atoms with Crippen LogP contribution < -0.4 is 20.8 Å². The monoisotopic (exact) mass is 390 g/mol. The molecule has 4 rings (SSSR count). The molecule has 8 nitrogen and oxygen atoms in total. The maximum atomic E-state index is 12.7. The van der Waals surface area contributed by atoms with Crippen molar-refractivity contribution >= 4 is 23.2 Å². The molecule has 0 aliphatic carbocycles. The third-order valence-electron chi connectivity index (χ3n) is 4.49. The Hall–Kier alpha value is -3.94. The largest absolute Gasteiger partial charge is 0.479 e. The first-order valence-electron chi connectivity index (χ1n) is 9.02. The van der Waals surface area contributed by atoms with Gasteiger partial charge in [0.15, 0.2) is 11.8 Å². The number of hydrogen-bond acceptors (Lipinski definition) is 5. The Bertz CT molecular complexity index is 1170. The molecule has 8 heteroatoms. The number of amides is 2. The van der Waals surface area contributed by atoms with E-state index in [1.54, 1.807) is 36.7 Å². The normalized spacial score (nSPS) is 15.1. The second-order valence-electron chi connectivity index (χ2n) is 6.66. The number of rotatable bonds is 3. The van der Waals surface area contributed by atoms with Crippen LogP contribution >= 0.6 is 0 Å². The van der Waals surface area contributed by atoms with Crippen LogP contribution in [-0.4, -0.2) is 27.7 Å². The number of nitrogens with zero attached hydrogens (tertiary/aromatic N) is 2. The van der Waals surface area contributed by atoms with Crippen molar-refractivity contribution in [3.05, 3.63) is 76.2 Å². The smallest absolute Gasteiger partial charge is 0.280 e. The van der Waals surface area contributed by atoms with Crippen molar-refractivity contribution in [1.82, 2.24) is 9.78 Å². The van der Waals surface area contributed by atoms with Crippen LogP contribution in [-0.2, 0) is 4.79 Å². The van der Waals surface area contributed by atoms with Gasteiger partial charge in [-0.2, -0.15) is 5.10 Å². The van der Waals surface area contributed by atoms with Crippen LogP contribution in [0.4, 0.5) is 11.4 Å². The van der Waals surface area contributed by atoms with E-state index in [9.17, 15) is 14.4 Å². The Morgan fingerprint density at radius 2 is 1.90 bits per heavy atom. The zero-order valence-electron chi connectivity index (χ0n) is 15.8. The minimum absolute atomic E-state index is 0.230. The second kappa shape index (κ2) is 7.23. The lowest BCUT2D eigenvalue weighted by atomic mass is 10.2. The highest BCUT2D eigenvalue weighted by molar-refractivity contribution is 6.04. The molecule has 3 aromatic rings. The fraction of sp³-hybridized carbons (Fsp3) is 0.143. The van der Waals surface area contributed by atoms with Gasteiger partial charge >= 0.3 is 0 Å². The first kappa shape index (κ1) is 18.4. The van der Waals surface area contributed by atoms with Crippen molar-refractivity contribution in [2.45, 2.75) is 20.0 Å². The van der Waals surface area contributed by atoms with Gasteiger partial charge in [-0.25, -0.2) is 4.68 Å². The third kappa shape index (κ3) is 3.60. The SMILES string of the molecule is Cc1cc(=O)c(C(=O)Nc2ccc3c(c2)NC(=O)[C@@H](C)O3)nn1-c1ccccc1. The van der Waals surface area contributed by atoms with E-state index in [-0.39, 0.29) is 11.6 Å². The minimum atomic E-state index is -0.643. The topological polar surface area (TPSA) is 102 Å². The predicted molar refractivity (Wildman–Crippen MR) is 108 cm³/mol. The van der Waals surface area contributed by atoms with Gasteiger partial charge in [-0.1, -0.05) is 18.2 Å². The van der Waals surface area contributed by atoms with Crippen LogP contribution in [0.1, 0.15) is 23.1 Å². The number of hydrogen-bond donors (Lipinski definition) is 2. The van der Waals surface area contributed by atoms with Crippen LogP contribution in [0.25, 0.3) is 5.69 Å². The fourth-order valence-corrected chi connectivity index (χ4v) is 3.01. The van der Waals surface area contributed by atoms with Gasteiger partial charge in [0.1, 0.15) is 5.75 Å². The Morgan fingerprint density at radius 1 is 1.14 bits per heavy atom. The molecule has 2 N–H and O–H groups in total. The number of nitrogens with one attached hydrogen (secondary N) is 2. The lowest BCUT2D eigenvalue weighted by molar-refractivity contribution is -0.122. The Morgan fingerprint density at radius 3 is 2.66 bits per heavy atom. The highest BCUT2D eigenvalue weighted by Gasteiger charge is 2.24. The molecule has 29 heavy (non-hydrogen) atoms. The van der Waals surface area contributed by atoms with Crippen molar-refractivity contribution in [1.29, 1.82) is 0 Å². The highest BCUT2D eigenvalue weighted by atomic mass is 16.5. The van der Waals surface area contributed by atoms with Gasteiger partial charge in [0.05, 0.1) is 11.4 Å². The zero-order valence-corrected chi connectivity index (χ0v) is 15.8. The molecule has 0 bridgehead atoms. The Labute approximate surface area is 166 Å². The second-order valence-corrected chi connectivity index (χ2v) is 6.66. The van der Waals surface area contributed by atoms with Crippen molar-refractivity contribution < 1.29 is 14.3 Å². The molecule has 1 aliphatic heterocycles. The molecule has 0 spiro atoms. The quantitative estimate of drug-likeness (QED) is 0.715. The number of benzene rings is 2. The van der Waals surface area contributed by atoms with Crippen LogP contribution in [0.2, 0.25) is 0 Å². The number of carbonyl (C=O) groups is 2. The molecule has 2 heterocycles. The number of para-hydroxylation sites is 1. The summed E-state index contributed by atoms with van der Waals surface area (Å²) >= 11 is 0. The van der Waals surface area contributed by atoms with E-state index >= 15 is 0 Å². The van der Waals surface area contributed by atoms with E-state index in [2.05, 4.69) is 15.7 Å². The van der Waals surface area contributed by atoms with E-state index in [4.69, 9.17) is 4.74 Å². The van der Waals surface area contributed by atoms with Crippen molar-refractivity contribution in [2.24, 2.45) is 0 Å². The summed E-state index contributed by atoms with van der Waals surface area (Å²) in [6.07, 6.45) is -0.587. The van der Waals surface area contributed by atoms with E-state index in [1.165, 1.54) is 6.07 Å². The molecule has 2 amide bonds. The highest BCUT2D eigenvalue weighted by Crippen LogP contribution is 2.32. The summed E-state index contributed by atoms with van der Waals surface area (Å²) in [7, 11) is 0. The average molecular weight is 390 g/mol. The standard InChI is InChI=1S/C21H18N4O4/c1-12-10-17(26)19(24-25(12)15-6-4-3-5-7-15)21(28)22-14-8-9-18-16(11-14)23-20(27)13(2)29-18/h3-11,13H,1-2H3,(H,22,28)(H,23,27)/t13-/m1/s1. The van der Waals surface area contributed by atoms with E-state index in [1.807, 2.05) is 30.3 Å². The summed E-state index contributed by atoms with van der Waals surface area (Å²) in [5.74, 6) is -0.405. The molecule has 0 fully saturated rings. The van der Waals surface area contributed by atoms with Crippen LogP contribution in [0.15, 0.2) is 59.4 Å². The minimum Gasteiger partial charge on any atom is -0.479 e. The zero-order chi connectivity index (χ0) is 20.5. The molecule has 1 aromatic heterocycles. The first-order valence-corrected chi connectivity index (χ1v) is 9.02. The van der Waals surface area contributed by atoms with Crippen LogP contribution in [0, 0.1) is 6.92 Å². The maximum absolute atomic E-state index is 12.7. The molecule has 1 aliphatic rings. The van der Waals surface area contributed by atoms with Gasteiger partial charge in [-0.15, -0.1) is 0 Å². The lowest BCUT2D eigenvalue weighted by Gasteiger charge is -2.23. The number of fused-ring (bicyclic) bond motifs is 1. The summed E-state index contributed by atoms with van der Waals surface area (Å²) in [6, 6.07) is 15.4. The summed E-state index contributed by atoms with van der Waals surface area (Å²) in [5.41, 5.74) is 1.49. The number of carbonyl (C=O) groups excluding carboxylic acids is 2. The fourth-order valence-electron chi connectivity index (χ4n) is 3.01. The molecular formula is C21H18N4O4. The molecule has 0 radical (unpaired) electrons. The van der Waals surface area contributed by atoms with Gasteiger partial charge in [-0.05, 0) is 44.2 Å². The maximum Gasteiger partial charge on any atom is 0.280 e. The summed E-state index contributed by atoms with van der Waals surface area (Å²) in [5, 5.41) is 9.61. The van der Waals surface area contributed by atoms with Crippen molar-refractivity contribution in [3.8, 4) is 11.4 Å². The Kier molecular flexibility index (Phi) is 4.59. The first-order chi connectivity index (χ1) is 13.9. The third-order valence-corrected chi connectivity index (χ3v) is 4.49. The average Bonchev–Trinajstić information content (AvgIpc) is 2.70. The van der Waals surface area contributed by atoms with Gasteiger partial charge in [-0.3, -0.25) is 14.4 Å². The summed E-state index contributed by atoms with van der Waals surface area (Å²) in [6.45, 7) is 3.39. The summed E-state index contributed by atoms with van der Waals surface area (Å²) < 4.78 is 7.04. The molecule has 0 unspecified atom stereocenters. The molecule has 2 aromatic carbocycles. The van der Waals surface area contributed by atoms with Crippen LogP contribution in [0.3, 0.4) is 0 Å². The number of ether oxygens (including phenoxy) is 1. The number of aryl methyl sites for hydroxylation is 1. The van der Waals surface area contributed by atoms with Gasteiger partial charge in [0.25, 0.3) is 11.8 Å². The van der Waals surface area contributed by atoms with E-state index in [0.29, 0.717) is 22.8 Å². The van der Waals surface area contributed by atoms with Crippen molar-refractivity contribution in [2.75, 3.05) is 10.6 Å². The van der Waals surface area contributed by atoms with E-state index in [0.717, 1.165) is 5.69 Å². The predicted octanol–water partition coefficient (Wildman–Crippen LogP) is 2.51. The molecular weight excluding hydrogens is 372 g/mol. The number of anilines is 2. The van der Waals surface area contributed by atoms with Gasteiger partial charge in [0, 0.05) is 17.4 Å². The van der Waals surface area contributed by atoms with Crippen LogP contribution in [0.5, 0.6) is 5.75 Å². The van der Waals surface area contributed by atoms with Gasteiger partial charge in [0.2, 0.25) is 5.43 Å². The summed E-state index contributed by atoms with van der Waals surface area (Å²) in [4.78, 5) is 36.8. The van der Waals surface area contributed by atoms with E-state index < -0.39 is 17.4 Å². The molecule has 0 saturated carbocycles. The molecule has 0 saturated heterocycles. The van der Waals surface area contributed by atoms with Crippen molar-refractivity contribution in [3.63, 3.8) is 0 Å². The number of aromatic nitrogens is 2.